The van der Waals surface area contributed by atoms with Crippen LogP contribution in [0.1, 0.15) is 34.6 Å². The molecule has 1 atom stereocenters. The lowest BCUT2D eigenvalue weighted by molar-refractivity contribution is -0.141. The zero-order chi connectivity index (χ0) is 29.1. The zero-order valence-electron chi connectivity index (χ0n) is 20.9. The van der Waals surface area contributed by atoms with Gasteiger partial charge in [-0.15, -0.1) is 0 Å². The van der Waals surface area contributed by atoms with Crippen molar-refractivity contribution in [2.75, 3.05) is 36.9 Å². The molecular formula is C24H23F7N6O2S. The van der Waals surface area contributed by atoms with Gasteiger partial charge in [-0.1, -0.05) is 0 Å². The number of aryl methyl sites for hydroxylation is 1. The van der Waals surface area contributed by atoms with Crippen LogP contribution in [0.4, 0.5) is 47.2 Å². The van der Waals surface area contributed by atoms with E-state index in [0.717, 1.165) is 23.8 Å². The van der Waals surface area contributed by atoms with Crippen molar-refractivity contribution in [1.29, 1.82) is 0 Å². The maximum atomic E-state index is 14.4. The van der Waals surface area contributed by atoms with E-state index in [9.17, 15) is 35.5 Å². The largest absolute Gasteiger partial charge is 0.490 e. The number of halogens is 7. The van der Waals surface area contributed by atoms with E-state index in [-0.39, 0.29) is 46.9 Å². The minimum Gasteiger partial charge on any atom is -0.490 e. The molecule has 1 aliphatic rings. The predicted octanol–water partition coefficient (Wildman–Crippen LogP) is 6.05. The number of hydrogen-bond donors (Lipinski definition) is 2. The van der Waals surface area contributed by atoms with Gasteiger partial charge in [-0.2, -0.15) is 30.7 Å². The Balaban J connectivity index is 1.37. The molecule has 3 aromatic rings. The summed E-state index contributed by atoms with van der Waals surface area (Å²) in [6.45, 7) is 2.44. The van der Waals surface area contributed by atoms with Crippen LogP contribution >= 0.6 is 11.5 Å². The zero-order valence-corrected chi connectivity index (χ0v) is 21.7. The van der Waals surface area contributed by atoms with Gasteiger partial charge < -0.3 is 20.3 Å². The summed E-state index contributed by atoms with van der Waals surface area (Å²) < 4.78 is 99.7. The van der Waals surface area contributed by atoms with Gasteiger partial charge in [0.25, 0.3) is 5.91 Å². The SMILES string of the molecule is Cc1nsc(Nc2cnc(C(F)(F)F)cn2)c1C(=O)Nc1ccc(F)c(OC[C@@H]2CCN(CCC(F)(F)F)C2)c1. The Kier molecular flexibility index (Phi) is 8.77. The standard InChI is InChI=1S/C24H23F7N6O2S/c1-13-20(22(40-36-13)35-19-10-32-18(9-33-19)24(29,30)31)21(38)34-15-2-3-16(25)17(8-15)39-12-14-4-6-37(11-14)7-5-23(26,27)28/h2-3,8-10,14H,4-7,11-12H2,1H3,(H,33,35)(H,34,38)/t14-/m1/s1. The highest BCUT2D eigenvalue weighted by Gasteiger charge is 2.33. The Labute approximate surface area is 227 Å². The molecule has 1 saturated heterocycles. The molecule has 16 heteroatoms. The van der Waals surface area contributed by atoms with E-state index in [1.165, 1.54) is 12.1 Å². The van der Waals surface area contributed by atoms with Crippen molar-refractivity contribution in [3.63, 3.8) is 0 Å². The van der Waals surface area contributed by atoms with Gasteiger partial charge in [-0.05, 0) is 43.6 Å². The number of amides is 1. The lowest BCUT2D eigenvalue weighted by atomic mass is 10.1. The van der Waals surface area contributed by atoms with Crippen molar-refractivity contribution in [3.8, 4) is 5.75 Å². The summed E-state index contributed by atoms with van der Waals surface area (Å²) in [7, 11) is 0. The third-order valence-corrected chi connectivity index (χ3v) is 6.87. The van der Waals surface area contributed by atoms with Crippen LogP contribution in [0.2, 0.25) is 0 Å². The molecule has 8 nitrogen and oxygen atoms in total. The first-order valence-electron chi connectivity index (χ1n) is 11.9. The molecule has 4 rings (SSSR count). The average molecular weight is 593 g/mol. The first kappa shape index (κ1) is 29.5. The van der Waals surface area contributed by atoms with Gasteiger partial charge in [0, 0.05) is 30.8 Å². The van der Waals surface area contributed by atoms with E-state index < -0.39 is 36.2 Å². The van der Waals surface area contributed by atoms with Gasteiger partial charge in [0.15, 0.2) is 17.3 Å². The van der Waals surface area contributed by atoms with Crippen LogP contribution in [-0.2, 0) is 6.18 Å². The third-order valence-electron chi connectivity index (χ3n) is 6.02. The number of rotatable bonds is 9. The summed E-state index contributed by atoms with van der Waals surface area (Å²) in [4.78, 5) is 21.7. The molecule has 0 aliphatic carbocycles. The summed E-state index contributed by atoms with van der Waals surface area (Å²) in [5.74, 6) is -1.55. The summed E-state index contributed by atoms with van der Waals surface area (Å²) in [5, 5.41) is 5.56. The smallest absolute Gasteiger partial charge is 0.434 e. The van der Waals surface area contributed by atoms with Gasteiger partial charge in [-0.25, -0.2) is 14.4 Å². The van der Waals surface area contributed by atoms with Crippen molar-refractivity contribution in [2.45, 2.75) is 32.1 Å². The minimum absolute atomic E-state index is 0.0351. The first-order valence-corrected chi connectivity index (χ1v) is 12.7. The average Bonchev–Trinajstić information content (AvgIpc) is 3.48. The second-order valence-electron chi connectivity index (χ2n) is 9.11. The molecule has 2 N–H and O–H groups in total. The van der Waals surface area contributed by atoms with Crippen molar-refractivity contribution < 1.29 is 40.3 Å². The summed E-state index contributed by atoms with van der Waals surface area (Å²) in [5.41, 5.74) is -0.536. The molecule has 1 aromatic carbocycles. The van der Waals surface area contributed by atoms with E-state index in [2.05, 4.69) is 25.0 Å². The highest BCUT2D eigenvalue weighted by Crippen LogP contribution is 2.31. The number of aromatic nitrogens is 3. The predicted molar refractivity (Wildman–Crippen MR) is 132 cm³/mol. The number of likely N-dealkylation sites (tertiary alicyclic amines) is 1. The van der Waals surface area contributed by atoms with Crippen LogP contribution in [0.15, 0.2) is 30.6 Å². The number of ether oxygens (including phenoxy) is 1. The molecule has 40 heavy (non-hydrogen) atoms. The van der Waals surface area contributed by atoms with Gasteiger partial charge >= 0.3 is 12.4 Å². The number of carbonyl (C=O) groups is 1. The van der Waals surface area contributed by atoms with Crippen molar-refractivity contribution in [2.24, 2.45) is 5.92 Å². The molecule has 1 amide bonds. The number of nitrogens with zero attached hydrogens (tertiary/aromatic N) is 4. The summed E-state index contributed by atoms with van der Waals surface area (Å²) >= 11 is 0.889. The molecule has 0 bridgehead atoms. The van der Waals surface area contributed by atoms with Gasteiger partial charge in [0.1, 0.15) is 10.8 Å². The normalized spacial score (nSPS) is 16.2. The first-order chi connectivity index (χ1) is 18.8. The number of anilines is 3. The number of hydrogen-bond acceptors (Lipinski definition) is 8. The van der Waals surface area contributed by atoms with Crippen LogP contribution in [0.5, 0.6) is 5.75 Å². The molecule has 1 aliphatic heterocycles. The van der Waals surface area contributed by atoms with Crippen LogP contribution in [0.25, 0.3) is 0 Å². The molecule has 0 unspecified atom stereocenters. The van der Waals surface area contributed by atoms with E-state index in [4.69, 9.17) is 4.74 Å². The highest BCUT2D eigenvalue weighted by atomic mass is 32.1. The van der Waals surface area contributed by atoms with Gasteiger partial charge in [-0.3, -0.25) is 4.79 Å². The molecule has 0 spiro atoms. The second-order valence-corrected chi connectivity index (χ2v) is 9.89. The van der Waals surface area contributed by atoms with Crippen molar-refractivity contribution in [1.82, 2.24) is 19.2 Å². The monoisotopic (exact) mass is 592 g/mol. The Bertz CT molecular complexity index is 1330. The molecule has 3 heterocycles. The van der Waals surface area contributed by atoms with Crippen LogP contribution in [0, 0.1) is 18.7 Å². The number of benzene rings is 1. The van der Waals surface area contributed by atoms with Gasteiger partial charge in [0.2, 0.25) is 0 Å². The quantitative estimate of drug-likeness (QED) is 0.293. The van der Waals surface area contributed by atoms with E-state index in [1.807, 2.05) is 0 Å². The fourth-order valence-electron chi connectivity index (χ4n) is 4.01. The fourth-order valence-corrected chi connectivity index (χ4v) is 4.81. The van der Waals surface area contributed by atoms with E-state index in [0.29, 0.717) is 31.4 Å². The minimum atomic E-state index is -4.65. The van der Waals surface area contributed by atoms with E-state index >= 15 is 0 Å². The summed E-state index contributed by atoms with van der Waals surface area (Å²) in [6.07, 6.45) is -7.73. The van der Waals surface area contributed by atoms with Gasteiger partial charge in [0.05, 0.1) is 36.7 Å². The van der Waals surface area contributed by atoms with Crippen molar-refractivity contribution >= 4 is 33.9 Å². The molecule has 0 radical (unpaired) electrons. The lowest BCUT2D eigenvalue weighted by Crippen LogP contribution is -2.27. The van der Waals surface area contributed by atoms with Crippen molar-refractivity contribution in [3.05, 3.63) is 53.4 Å². The number of nitrogens with one attached hydrogen (secondary N) is 2. The maximum Gasteiger partial charge on any atom is 0.434 e. The lowest BCUT2D eigenvalue weighted by Gasteiger charge is -2.17. The molecule has 1 fully saturated rings. The summed E-state index contributed by atoms with van der Waals surface area (Å²) in [6, 6.07) is 3.70. The third kappa shape index (κ3) is 7.78. The molecule has 216 valence electrons. The van der Waals surface area contributed by atoms with Crippen LogP contribution in [-0.4, -0.2) is 57.6 Å². The topological polar surface area (TPSA) is 92.3 Å². The maximum absolute atomic E-state index is 14.4. The second kappa shape index (κ2) is 11.9. The van der Waals surface area contributed by atoms with Crippen LogP contribution in [0.3, 0.4) is 0 Å². The Hall–Kier alpha value is -3.53. The number of carbonyl (C=O) groups excluding carboxylic acids is 1. The fraction of sp³-hybridized carbons (Fsp3) is 0.417. The molecule has 0 saturated carbocycles. The Morgan fingerprint density at radius 2 is 1.95 bits per heavy atom. The highest BCUT2D eigenvalue weighted by molar-refractivity contribution is 7.10. The molecule has 2 aromatic heterocycles. The van der Waals surface area contributed by atoms with E-state index in [1.54, 1.807) is 11.8 Å². The Morgan fingerprint density at radius 3 is 2.62 bits per heavy atom. The Morgan fingerprint density at radius 1 is 1.18 bits per heavy atom. The molecular weight excluding hydrogens is 569 g/mol. The number of alkyl halides is 6. The van der Waals surface area contributed by atoms with Crippen LogP contribution < -0.4 is 15.4 Å².